The number of carbonyl (C=O) groups excluding carboxylic acids is 2. The molecular weight excluding hydrogens is 431 g/mol. The summed E-state index contributed by atoms with van der Waals surface area (Å²) in [5, 5.41) is 0.402. The molecule has 31 heavy (non-hydrogen) atoms. The maximum atomic E-state index is 13.2. The number of halogens is 4. The van der Waals surface area contributed by atoms with Crippen LogP contribution >= 0.6 is 11.6 Å². The minimum Gasteiger partial charge on any atom is -0.255 e. The number of dihydropyridines is 1. The van der Waals surface area contributed by atoms with E-state index in [2.05, 4.69) is 4.99 Å². The van der Waals surface area contributed by atoms with E-state index in [1.165, 1.54) is 22.9 Å². The molecule has 2 aliphatic rings. The molecular formula is C22H16ClF3N3O2+. The minimum absolute atomic E-state index is 0.0578. The summed E-state index contributed by atoms with van der Waals surface area (Å²) >= 11 is 6.19. The van der Waals surface area contributed by atoms with Crippen molar-refractivity contribution in [2.75, 3.05) is 0 Å². The van der Waals surface area contributed by atoms with Gasteiger partial charge in [0.05, 0.1) is 5.56 Å². The number of amidine groups is 1. The van der Waals surface area contributed by atoms with Gasteiger partial charge in [0.25, 0.3) is 5.84 Å². The number of alkyl halides is 3. The minimum atomic E-state index is -4.50. The summed E-state index contributed by atoms with van der Waals surface area (Å²) in [6.07, 6.45) is 0.137. The number of nitrogens with zero attached hydrogens (tertiary/aromatic N) is 3. The van der Waals surface area contributed by atoms with Gasteiger partial charge in [0.2, 0.25) is 0 Å². The molecule has 0 N–H and O–H groups in total. The number of hydrogen-bond donors (Lipinski definition) is 0. The normalized spacial score (nSPS) is 18.6. The Balaban J connectivity index is 1.72. The molecule has 2 aliphatic heterocycles. The first-order valence-electron chi connectivity index (χ1n) is 9.36. The van der Waals surface area contributed by atoms with E-state index in [0.717, 1.165) is 17.0 Å². The molecule has 158 valence electrons. The number of imide groups is 1. The van der Waals surface area contributed by atoms with Crippen molar-refractivity contribution in [2.45, 2.75) is 19.3 Å². The lowest BCUT2D eigenvalue weighted by Gasteiger charge is -2.27. The van der Waals surface area contributed by atoms with Crippen molar-refractivity contribution in [2.24, 2.45) is 10.9 Å². The number of allylic oxidation sites excluding steroid dienone is 1. The van der Waals surface area contributed by atoms with Crippen molar-refractivity contribution in [3.05, 3.63) is 82.4 Å². The summed E-state index contributed by atoms with van der Waals surface area (Å²) in [7, 11) is 0. The van der Waals surface area contributed by atoms with E-state index in [9.17, 15) is 22.8 Å². The molecule has 0 fully saturated rings. The number of fused-ring (bicyclic) bond motifs is 1. The van der Waals surface area contributed by atoms with E-state index in [1.54, 1.807) is 36.4 Å². The molecule has 1 unspecified atom stereocenters. The number of urea groups is 1. The zero-order chi connectivity index (χ0) is 22.2. The van der Waals surface area contributed by atoms with Gasteiger partial charge in [0, 0.05) is 10.6 Å². The molecule has 2 aromatic rings. The summed E-state index contributed by atoms with van der Waals surface area (Å²) < 4.78 is 40.5. The summed E-state index contributed by atoms with van der Waals surface area (Å²) in [5.41, 5.74) is 0.0369. The largest absolute Gasteiger partial charge is 0.446 e. The van der Waals surface area contributed by atoms with E-state index < -0.39 is 29.6 Å². The molecule has 0 radical (unpaired) electrons. The van der Waals surface area contributed by atoms with Crippen molar-refractivity contribution in [1.82, 2.24) is 4.90 Å². The summed E-state index contributed by atoms with van der Waals surface area (Å²) in [6.45, 7) is -0.218. The second kappa shape index (κ2) is 8.11. The quantitative estimate of drug-likeness (QED) is 0.640. The fourth-order valence-corrected chi connectivity index (χ4v) is 3.70. The van der Waals surface area contributed by atoms with Crippen LogP contribution in [0.15, 0.2) is 65.7 Å². The highest BCUT2D eigenvalue weighted by Crippen LogP contribution is 2.30. The van der Waals surface area contributed by atoms with Gasteiger partial charge in [0.1, 0.15) is 19.3 Å². The highest BCUT2D eigenvalue weighted by Gasteiger charge is 2.46. The Kier molecular flexibility index (Phi) is 5.49. The molecule has 0 aliphatic carbocycles. The Hall–Kier alpha value is -3.26. The monoisotopic (exact) mass is 446 g/mol. The number of aliphatic imine (C=N–C) groups is 1. The van der Waals surface area contributed by atoms with Gasteiger partial charge in [-0.05, 0) is 29.8 Å². The Morgan fingerprint density at radius 1 is 1.10 bits per heavy atom. The van der Waals surface area contributed by atoms with Crippen LogP contribution in [0.3, 0.4) is 0 Å². The van der Waals surface area contributed by atoms with Crippen molar-refractivity contribution < 1.29 is 27.3 Å². The lowest BCUT2D eigenvalue weighted by atomic mass is 10.0. The van der Waals surface area contributed by atoms with Crippen LogP contribution in [-0.4, -0.2) is 33.5 Å². The summed E-state index contributed by atoms with van der Waals surface area (Å²) in [6, 6.07) is 10.9. The van der Waals surface area contributed by atoms with E-state index in [0.29, 0.717) is 10.6 Å². The van der Waals surface area contributed by atoms with Crippen LogP contribution < -0.4 is 0 Å². The maximum absolute atomic E-state index is 13.2. The molecule has 4 rings (SSSR count). The van der Waals surface area contributed by atoms with Crippen LogP contribution in [0.25, 0.3) is 0 Å². The predicted octanol–water partition coefficient (Wildman–Crippen LogP) is 4.69. The van der Waals surface area contributed by atoms with Gasteiger partial charge in [-0.25, -0.2) is 4.79 Å². The third-order valence-corrected chi connectivity index (χ3v) is 5.40. The van der Waals surface area contributed by atoms with Gasteiger partial charge in [-0.3, -0.25) is 4.79 Å². The van der Waals surface area contributed by atoms with E-state index in [4.69, 9.17) is 11.6 Å². The fraction of sp³-hybridized carbons (Fsp3) is 0.182. The molecule has 0 spiro atoms. The van der Waals surface area contributed by atoms with Crippen LogP contribution in [0.1, 0.15) is 16.7 Å². The molecule has 2 heterocycles. The third-order valence-electron chi connectivity index (χ3n) is 5.03. The third kappa shape index (κ3) is 4.16. The second-order valence-electron chi connectivity index (χ2n) is 7.08. The summed E-state index contributed by atoms with van der Waals surface area (Å²) in [4.78, 5) is 31.5. The molecule has 9 heteroatoms. The molecule has 0 saturated carbocycles. The Morgan fingerprint density at radius 3 is 2.61 bits per heavy atom. The topological polar surface area (TPSA) is 52.8 Å². The van der Waals surface area contributed by atoms with Gasteiger partial charge < -0.3 is 0 Å². The first kappa shape index (κ1) is 21.0. The number of benzene rings is 2. The molecule has 5 nitrogen and oxygen atoms in total. The van der Waals surface area contributed by atoms with Crippen molar-refractivity contribution >= 4 is 35.6 Å². The molecule has 3 amide bonds. The standard InChI is InChI=1S/C22H16ClF3N3O2/c23-18-9-2-1-6-15(18)13-29-20(30)17-8-4-10-27-19(17)28(21(29)31)12-14-5-3-7-16(11-14)22(24,25)26/h1-11,17H,12-13H2/q+1. The molecule has 0 saturated heterocycles. The number of carbonyl (C=O) groups is 2. The first-order chi connectivity index (χ1) is 14.8. The first-order valence-corrected chi connectivity index (χ1v) is 9.73. The Bertz CT molecular complexity index is 1150. The lowest BCUT2D eigenvalue weighted by molar-refractivity contribution is -0.458. The van der Waals surface area contributed by atoms with Crippen LogP contribution in [0.4, 0.5) is 18.0 Å². The Morgan fingerprint density at radius 2 is 1.87 bits per heavy atom. The number of amides is 3. The zero-order valence-corrected chi connectivity index (χ0v) is 16.8. The Labute approximate surface area is 180 Å². The van der Waals surface area contributed by atoms with E-state index in [-0.39, 0.29) is 24.5 Å². The molecule has 2 aromatic carbocycles. The lowest BCUT2D eigenvalue weighted by Crippen LogP contribution is -2.53. The smallest absolute Gasteiger partial charge is 0.255 e. The van der Waals surface area contributed by atoms with Gasteiger partial charge in [-0.1, -0.05) is 48.0 Å². The predicted molar refractivity (Wildman–Crippen MR) is 109 cm³/mol. The van der Waals surface area contributed by atoms with E-state index >= 15 is 0 Å². The van der Waals surface area contributed by atoms with Crippen LogP contribution in [-0.2, 0) is 24.1 Å². The average Bonchev–Trinajstić information content (AvgIpc) is 2.75. The van der Waals surface area contributed by atoms with Crippen LogP contribution in [0.2, 0.25) is 5.02 Å². The van der Waals surface area contributed by atoms with Gasteiger partial charge in [0.15, 0.2) is 5.92 Å². The van der Waals surface area contributed by atoms with Crippen LogP contribution in [0.5, 0.6) is 0 Å². The van der Waals surface area contributed by atoms with Gasteiger partial charge in [-0.15, -0.1) is 4.99 Å². The zero-order valence-electron chi connectivity index (χ0n) is 16.0. The molecule has 0 aromatic heterocycles. The molecule has 1 atom stereocenters. The van der Waals surface area contributed by atoms with Crippen molar-refractivity contribution in [3.63, 3.8) is 0 Å². The number of hydrogen-bond acceptors (Lipinski definition) is 3. The highest BCUT2D eigenvalue weighted by atomic mass is 35.5. The van der Waals surface area contributed by atoms with Crippen molar-refractivity contribution in [1.29, 1.82) is 0 Å². The maximum Gasteiger partial charge on any atom is 0.446 e. The fourth-order valence-electron chi connectivity index (χ4n) is 3.50. The number of rotatable bonds is 4. The van der Waals surface area contributed by atoms with E-state index in [1.807, 2.05) is 0 Å². The highest BCUT2D eigenvalue weighted by molar-refractivity contribution is 6.31. The van der Waals surface area contributed by atoms with Crippen molar-refractivity contribution in [3.8, 4) is 0 Å². The average molecular weight is 447 g/mol. The SMILES string of the molecule is O=C1C2C=CC=NC2=[N+](Cc2cccc(C(F)(F)F)c2)C(=O)N1Cc1ccccc1Cl. The molecule has 0 bridgehead atoms. The van der Waals surface area contributed by atoms with Gasteiger partial charge in [-0.2, -0.15) is 22.6 Å². The second-order valence-corrected chi connectivity index (χ2v) is 7.49. The van der Waals surface area contributed by atoms with Crippen LogP contribution in [0, 0.1) is 5.92 Å². The summed E-state index contributed by atoms with van der Waals surface area (Å²) in [5.74, 6) is -1.09. The van der Waals surface area contributed by atoms with Gasteiger partial charge >= 0.3 is 18.1 Å².